The highest BCUT2D eigenvalue weighted by molar-refractivity contribution is 6.21. The van der Waals surface area contributed by atoms with Gasteiger partial charge in [0.15, 0.2) is 0 Å². The number of hydrogen-bond acceptors (Lipinski definition) is 1. The van der Waals surface area contributed by atoms with Crippen molar-refractivity contribution in [3.05, 3.63) is 273 Å². The number of benzene rings is 6. The van der Waals surface area contributed by atoms with Gasteiger partial charge in [-0.25, -0.2) is 0 Å². The Hall–Kier alpha value is -7.48. The second-order valence-electron chi connectivity index (χ2n) is 14.3. The van der Waals surface area contributed by atoms with Gasteiger partial charge in [0.2, 0.25) is 0 Å². The van der Waals surface area contributed by atoms with Crippen molar-refractivity contribution in [3.63, 3.8) is 0 Å². The van der Waals surface area contributed by atoms with Gasteiger partial charge in [0.1, 0.15) is 0 Å². The number of anilines is 2. The van der Waals surface area contributed by atoms with E-state index in [1.54, 1.807) is 12.2 Å². The molecule has 1 unspecified atom stereocenters. The van der Waals surface area contributed by atoms with Crippen LogP contribution in [0.15, 0.2) is 268 Å². The van der Waals surface area contributed by atoms with Crippen molar-refractivity contribution in [1.29, 1.82) is 0 Å². The zero-order valence-corrected chi connectivity index (χ0v) is 33.6. The van der Waals surface area contributed by atoms with Crippen molar-refractivity contribution in [2.75, 3.05) is 4.90 Å². The topological polar surface area (TPSA) is 3.24 Å². The summed E-state index contributed by atoms with van der Waals surface area (Å²) in [7, 11) is 0. The molecule has 1 nitrogen and oxygen atoms in total. The number of hydrogen-bond donors (Lipinski definition) is 0. The van der Waals surface area contributed by atoms with Crippen LogP contribution in [0.4, 0.5) is 11.4 Å². The summed E-state index contributed by atoms with van der Waals surface area (Å²) in [6.07, 6.45) is 30.8. The van der Waals surface area contributed by atoms with Gasteiger partial charge < -0.3 is 4.90 Å². The molecule has 0 N–H and O–H groups in total. The molecule has 0 radical (unpaired) electrons. The second-order valence-corrected chi connectivity index (χ2v) is 14.3. The van der Waals surface area contributed by atoms with E-state index in [2.05, 4.69) is 202 Å². The first-order chi connectivity index (χ1) is 29.1. The van der Waals surface area contributed by atoms with Gasteiger partial charge in [-0.1, -0.05) is 221 Å². The molecule has 7 rings (SSSR count). The average Bonchev–Trinajstić information content (AvgIpc) is 3.29. The van der Waals surface area contributed by atoms with E-state index >= 15 is 0 Å². The first-order valence-corrected chi connectivity index (χ1v) is 20.0. The zero-order chi connectivity index (χ0) is 41.0. The Morgan fingerprint density at radius 1 is 0.525 bits per heavy atom. The molecular formula is C58H49N. The molecule has 1 atom stereocenters. The molecule has 0 spiro atoms. The van der Waals surface area contributed by atoms with Gasteiger partial charge in [0.05, 0.1) is 0 Å². The van der Waals surface area contributed by atoms with E-state index in [4.69, 9.17) is 0 Å². The van der Waals surface area contributed by atoms with Crippen molar-refractivity contribution in [1.82, 2.24) is 0 Å². The van der Waals surface area contributed by atoms with Crippen LogP contribution in [-0.4, -0.2) is 0 Å². The van der Waals surface area contributed by atoms with E-state index in [0.29, 0.717) is 0 Å². The first kappa shape index (κ1) is 39.7. The molecule has 0 amide bonds. The second kappa shape index (κ2) is 19.1. The first-order valence-electron chi connectivity index (χ1n) is 20.0. The summed E-state index contributed by atoms with van der Waals surface area (Å²) in [5, 5.41) is 4.99. The monoisotopic (exact) mass is 759 g/mol. The lowest BCUT2D eigenvalue weighted by molar-refractivity contribution is 0.739. The molecule has 0 heterocycles. The van der Waals surface area contributed by atoms with Crippen molar-refractivity contribution >= 4 is 39.0 Å². The molecule has 6 aromatic carbocycles. The fraction of sp³-hybridized carbons (Fsp3) is 0.0345. The molecule has 0 aromatic heterocycles. The number of fused-ring (bicyclic) bond motifs is 3. The van der Waals surface area contributed by atoms with Crippen molar-refractivity contribution in [3.8, 4) is 22.3 Å². The standard InChI is InChI=1S/C58H49N/c1-6-11-22-45(10-5)46(23-12-7-2)35-32-43-33-38-50(39-34-43)59(52-27-20-26-49(42-52)44(9-4)21-8-3)51-40-36-48(37-41-51)58-56-31-19-17-29-54(56)53-28-16-18-30-55(53)57(58)47-24-14-13-15-25-47/h6-41,49H,1-5,42H2/b22-11-,23-12-,35-32+,44-21+,46-45+. The maximum Gasteiger partial charge on any atom is 0.0458 e. The third-order valence-corrected chi connectivity index (χ3v) is 10.7. The molecule has 6 aromatic rings. The Bertz CT molecular complexity index is 2740. The van der Waals surface area contributed by atoms with Gasteiger partial charge in [-0.3, -0.25) is 0 Å². The summed E-state index contributed by atoms with van der Waals surface area (Å²) in [5.74, 6) is 0.176. The van der Waals surface area contributed by atoms with E-state index in [0.717, 1.165) is 40.1 Å². The lowest BCUT2D eigenvalue weighted by Gasteiger charge is -2.32. The fourth-order valence-electron chi connectivity index (χ4n) is 7.93. The molecule has 1 heteroatoms. The smallest absolute Gasteiger partial charge is 0.0458 e. The van der Waals surface area contributed by atoms with Crippen LogP contribution in [0.25, 0.3) is 49.9 Å². The Labute approximate surface area is 350 Å². The quantitative estimate of drug-likeness (QED) is 0.0744. The molecule has 0 fully saturated rings. The predicted molar refractivity (Wildman–Crippen MR) is 260 cm³/mol. The number of rotatable bonds is 15. The highest BCUT2D eigenvalue weighted by Gasteiger charge is 2.22. The van der Waals surface area contributed by atoms with Crippen molar-refractivity contribution < 1.29 is 0 Å². The maximum atomic E-state index is 4.12. The molecule has 1 aliphatic carbocycles. The van der Waals surface area contributed by atoms with Gasteiger partial charge in [0.25, 0.3) is 0 Å². The number of allylic oxidation sites excluding steroid dienone is 18. The molecular weight excluding hydrogens is 711 g/mol. The highest BCUT2D eigenvalue weighted by Crippen LogP contribution is 2.45. The molecule has 59 heavy (non-hydrogen) atoms. The normalized spacial score (nSPS) is 14.7. The van der Waals surface area contributed by atoms with Crippen LogP contribution in [0.1, 0.15) is 12.0 Å². The minimum absolute atomic E-state index is 0.176. The summed E-state index contributed by atoms with van der Waals surface area (Å²) in [5.41, 5.74) is 12.5. The minimum atomic E-state index is 0.176. The predicted octanol–water partition coefficient (Wildman–Crippen LogP) is 16.2. The summed E-state index contributed by atoms with van der Waals surface area (Å²) in [6, 6.07) is 46.2. The maximum absolute atomic E-state index is 4.12. The Morgan fingerprint density at radius 2 is 1.07 bits per heavy atom. The van der Waals surface area contributed by atoms with Crippen LogP contribution in [0.2, 0.25) is 0 Å². The fourth-order valence-corrected chi connectivity index (χ4v) is 7.93. The molecule has 1 aliphatic rings. The Balaban J connectivity index is 1.33. The van der Waals surface area contributed by atoms with Crippen LogP contribution in [0, 0.1) is 5.92 Å². The van der Waals surface area contributed by atoms with Crippen LogP contribution in [-0.2, 0) is 0 Å². The summed E-state index contributed by atoms with van der Waals surface area (Å²) in [6.45, 7) is 19.8. The van der Waals surface area contributed by atoms with Crippen LogP contribution >= 0.6 is 0 Å². The van der Waals surface area contributed by atoms with Gasteiger partial charge in [0, 0.05) is 23.0 Å². The lowest BCUT2D eigenvalue weighted by atomic mass is 9.85. The van der Waals surface area contributed by atoms with E-state index in [1.807, 2.05) is 42.5 Å². The molecule has 0 saturated heterocycles. The highest BCUT2D eigenvalue weighted by atomic mass is 15.1. The summed E-state index contributed by atoms with van der Waals surface area (Å²) < 4.78 is 0. The molecule has 0 saturated carbocycles. The molecule has 286 valence electrons. The van der Waals surface area contributed by atoms with E-state index < -0.39 is 0 Å². The lowest BCUT2D eigenvalue weighted by Crippen LogP contribution is -2.20. The van der Waals surface area contributed by atoms with Crippen LogP contribution < -0.4 is 4.90 Å². The SMILES string of the molecule is C=C\C=C/C(C=C)=C(\C=C/C=C)/C=C/c1ccc(N(C2=CC=CC(/C(C=C)=C/C=C)C2)c2ccc(-c3c(-c4ccccc4)c4ccccc4c4ccccc34)cc2)cc1. The average molecular weight is 760 g/mol. The van der Waals surface area contributed by atoms with Gasteiger partial charge in [-0.2, -0.15) is 0 Å². The van der Waals surface area contributed by atoms with E-state index in [9.17, 15) is 0 Å². The third-order valence-electron chi connectivity index (χ3n) is 10.7. The Morgan fingerprint density at radius 3 is 1.63 bits per heavy atom. The van der Waals surface area contributed by atoms with Gasteiger partial charge >= 0.3 is 0 Å². The van der Waals surface area contributed by atoms with Crippen LogP contribution in [0.3, 0.4) is 0 Å². The van der Waals surface area contributed by atoms with Crippen LogP contribution in [0.5, 0.6) is 0 Å². The molecule has 0 aliphatic heterocycles. The minimum Gasteiger partial charge on any atom is -0.314 e. The van der Waals surface area contributed by atoms with E-state index in [-0.39, 0.29) is 5.92 Å². The zero-order valence-electron chi connectivity index (χ0n) is 33.6. The molecule has 0 bridgehead atoms. The van der Waals surface area contributed by atoms with Gasteiger partial charge in [-0.05, 0) is 103 Å². The summed E-state index contributed by atoms with van der Waals surface area (Å²) >= 11 is 0. The Kier molecular flexibility index (Phi) is 12.9. The van der Waals surface area contributed by atoms with Crippen molar-refractivity contribution in [2.45, 2.75) is 6.42 Å². The third kappa shape index (κ3) is 8.76. The largest absolute Gasteiger partial charge is 0.314 e. The number of nitrogens with zero attached hydrogens (tertiary/aromatic N) is 1. The van der Waals surface area contributed by atoms with E-state index in [1.165, 1.54) is 49.5 Å². The summed E-state index contributed by atoms with van der Waals surface area (Å²) in [4.78, 5) is 2.38. The van der Waals surface area contributed by atoms with Gasteiger partial charge in [-0.15, -0.1) is 0 Å². The van der Waals surface area contributed by atoms with Crippen molar-refractivity contribution in [2.24, 2.45) is 5.92 Å².